The highest BCUT2D eigenvalue weighted by molar-refractivity contribution is 6.98. The van der Waals surface area contributed by atoms with Gasteiger partial charge in [-0.3, -0.25) is 0 Å². The van der Waals surface area contributed by atoms with Gasteiger partial charge in [-0.25, -0.2) is 0 Å². The van der Waals surface area contributed by atoms with Crippen LogP contribution in [0.15, 0.2) is 200 Å². The molecule has 274 valence electrons. The summed E-state index contributed by atoms with van der Waals surface area (Å²) < 4.78 is 163. The fourth-order valence-corrected chi connectivity index (χ4v) is 8.81. The predicted molar refractivity (Wildman–Crippen MR) is 244 cm³/mol. The molecule has 4 heterocycles. The van der Waals surface area contributed by atoms with Crippen LogP contribution in [-0.4, -0.2) is 15.8 Å². The van der Waals surface area contributed by atoms with Crippen molar-refractivity contribution < 1.29 is 31.4 Å². The van der Waals surface area contributed by atoms with Crippen LogP contribution < -0.4 is 25.9 Å². The summed E-state index contributed by atoms with van der Waals surface area (Å²) in [7, 11) is 0. The Hall–Kier alpha value is -7.76. The molecule has 4 nitrogen and oxygen atoms in total. The average Bonchev–Trinajstić information content (AvgIpc) is 4.04. The molecular formula is C54H33BN2O2. The van der Waals surface area contributed by atoms with Gasteiger partial charge in [-0.1, -0.05) is 157 Å². The van der Waals surface area contributed by atoms with Crippen LogP contribution in [0.4, 0.5) is 0 Å². The zero-order valence-electron chi connectivity index (χ0n) is 46.6. The summed E-state index contributed by atoms with van der Waals surface area (Å²) in [6, 6.07) is 22.1. The molecule has 5 heteroatoms. The maximum absolute atomic E-state index is 9.53. The van der Waals surface area contributed by atoms with Crippen LogP contribution in [0, 0.1) is 0 Å². The molecule has 0 spiro atoms. The molecule has 9 aromatic carbocycles. The molecule has 59 heavy (non-hydrogen) atoms. The molecule has 0 saturated carbocycles. The lowest BCUT2D eigenvalue weighted by molar-refractivity contribution is 0.462. The molecule has 11 aromatic rings. The summed E-state index contributed by atoms with van der Waals surface area (Å²) in [6.07, 6.45) is 0. The van der Waals surface area contributed by atoms with Gasteiger partial charge in [0.05, 0.1) is 55.4 Å². The number of ether oxygens (including phenoxy) is 2. The Morgan fingerprint density at radius 3 is 1.15 bits per heavy atom. The second-order valence-corrected chi connectivity index (χ2v) is 14.4. The van der Waals surface area contributed by atoms with Gasteiger partial charge < -0.3 is 18.6 Å². The van der Waals surface area contributed by atoms with Gasteiger partial charge in [0, 0.05) is 27.0 Å². The molecule has 2 aromatic heterocycles. The summed E-state index contributed by atoms with van der Waals surface area (Å²) >= 11 is 0. The van der Waals surface area contributed by atoms with Gasteiger partial charge in [-0.2, -0.15) is 0 Å². The van der Waals surface area contributed by atoms with E-state index in [1.54, 1.807) is 0 Å². The molecule has 2 aliphatic heterocycles. The molecule has 13 rings (SSSR count). The molecule has 0 aliphatic carbocycles. The van der Waals surface area contributed by atoms with Crippen molar-refractivity contribution in [3.05, 3.63) is 200 Å². The van der Waals surface area contributed by atoms with Crippen LogP contribution in [0.3, 0.4) is 0 Å². The average molecular weight is 769 g/mol. The van der Waals surface area contributed by atoms with E-state index < -0.39 is 103 Å². The topological polar surface area (TPSA) is 28.3 Å². The fraction of sp³-hybridized carbons (Fsp3) is 0. The quantitative estimate of drug-likeness (QED) is 0.167. The second kappa shape index (κ2) is 12.4. The van der Waals surface area contributed by atoms with Crippen molar-refractivity contribution in [2.75, 3.05) is 0 Å². The highest BCUT2D eigenvalue weighted by Gasteiger charge is 2.44. The molecule has 2 aliphatic rings. The van der Waals surface area contributed by atoms with Crippen molar-refractivity contribution in [1.29, 1.82) is 0 Å². The zero-order chi connectivity index (χ0) is 52.5. The van der Waals surface area contributed by atoms with Gasteiger partial charge in [0.15, 0.2) is 11.5 Å². The zero-order valence-corrected chi connectivity index (χ0v) is 30.6. The van der Waals surface area contributed by atoms with Crippen molar-refractivity contribution >= 4 is 66.7 Å². The van der Waals surface area contributed by atoms with Crippen LogP contribution in [0.25, 0.3) is 77.2 Å². The predicted octanol–water partition coefficient (Wildman–Crippen LogP) is 11.9. The van der Waals surface area contributed by atoms with Gasteiger partial charge >= 0.3 is 0 Å². The van der Waals surface area contributed by atoms with Crippen LogP contribution >= 0.6 is 0 Å². The third-order valence-corrected chi connectivity index (χ3v) is 11.4. The van der Waals surface area contributed by atoms with Crippen molar-refractivity contribution in [2.24, 2.45) is 0 Å². The molecule has 0 fully saturated rings. The van der Waals surface area contributed by atoms with E-state index >= 15 is 0 Å². The van der Waals surface area contributed by atoms with Gasteiger partial charge in [-0.15, -0.1) is 0 Å². The Morgan fingerprint density at radius 1 is 0.390 bits per heavy atom. The number of fused-ring (bicyclic) bond motifs is 10. The van der Waals surface area contributed by atoms with Crippen LogP contribution in [-0.2, 0) is 0 Å². The standard InChI is InChI=1S/C54H33BN2O2/c1-3-15-34(16-4-1)36-27-29-42-50(31-36)58-53-48(56-44-23-11-7-19-38(44)39-20-8-12-24-45(39)56)33-49(57-46-25-13-9-21-40(46)41-22-10-14-26-47(41)57)54-52(53)55(42)43-30-28-37(32-51(43)59-54)35-17-5-2-6-18-35/h1-33H/i7D,8D,9D,10D,11D,12D,13D,14D,19D,20D,21D,22D,23D,24D,25D,26D. The second-order valence-electron chi connectivity index (χ2n) is 14.4. The van der Waals surface area contributed by atoms with Crippen molar-refractivity contribution in [1.82, 2.24) is 9.13 Å². The number of aromatic nitrogens is 2. The van der Waals surface area contributed by atoms with Gasteiger partial charge in [-0.05, 0) is 75.5 Å². The Balaban J connectivity index is 1.28. The van der Waals surface area contributed by atoms with Gasteiger partial charge in [0.2, 0.25) is 0 Å². The first kappa shape index (κ1) is 20.6. The Bertz CT molecular complexity index is 4020. The van der Waals surface area contributed by atoms with E-state index in [-0.39, 0.29) is 71.9 Å². The van der Waals surface area contributed by atoms with Crippen molar-refractivity contribution in [2.45, 2.75) is 0 Å². The van der Waals surface area contributed by atoms with E-state index in [1.807, 2.05) is 97.1 Å². The van der Waals surface area contributed by atoms with Crippen LogP contribution in [0.1, 0.15) is 21.9 Å². The first-order valence-corrected chi connectivity index (χ1v) is 18.9. The normalized spacial score (nSPS) is 16.4. The van der Waals surface area contributed by atoms with E-state index in [4.69, 9.17) is 20.4 Å². The fourth-order valence-electron chi connectivity index (χ4n) is 8.81. The highest BCUT2D eigenvalue weighted by Crippen LogP contribution is 2.47. The smallest absolute Gasteiger partial charge is 0.260 e. The maximum atomic E-state index is 9.53. The number of rotatable bonds is 4. The minimum absolute atomic E-state index is 0.0254. The van der Waals surface area contributed by atoms with Crippen molar-refractivity contribution in [3.63, 3.8) is 0 Å². The highest BCUT2D eigenvalue weighted by atomic mass is 16.5. The third kappa shape index (κ3) is 4.67. The molecule has 0 N–H and O–H groups in total. The summed E-state index contributed by atoms with van der Waals surface area (Å²) in [5.74, 6) is 0.770. The lowest BCUT2D eigenvalue weighted by atomic mass is 9.34. The monoisotopic (exact) mass is 768 g/mol. The minimum Gasteiger partial charge on any atom is -0.456 e. The largest absolute Gasteiger partial charge is 0.456 e. The number of hydrogen-bond donors (Lipinski definition) is 0. The number of nitrogens with zero attached hydrogens (tertiary/aromatic N) is 2. The maximum Gasteiger partial charge on any atom is 0.260 e. The van der Waals surface area contributed by atoms with Crippen LogP contribution in [0.5, 0.6) is 23.0 Å². The first-order chi connectivity index (χ1) is 35.9. The molecule has 0 atom stereocenters. The number of benzene rings is 9. The van der Waals surface area contributed by atoms with E-state index in [0.29, 0.717) is 22.4 Å². The first-order valence-electron chi connectivity index (χ1n) is 26.9. The molecule has 0 unspecified atom stereocenters. The summed E-state index contributed by atoms with van der Waals surface area (Å²) in [4.78, 5) is 0. The Morgan fingerprint density at radius 2 is 0.763 bits per heavy atom. The summed E-state index contributed by atoms with van der Waals surface area (Å²) in [5.41, 5.74) is 3.73. The van der Waals surface area contributed by atoms with Crippen LogP contribution in [0.2, 0.25) is 0 Å². The molecule has 0 amide bonds. The van der Waals surface area contributed by atoms with E-state index in [0.717, 1.165) is 22.3 Å². The molecule has 0 bridgehead atoms. The molecule has 0 radical (unpaired) electrons. The lowest BCUT2D eigenvalue weighted by Crippen LogP contribution is -2.57. The van der Waals surface area contributed by atoms with Gasteiger partial charge in [0.1, 0.15) is 11.5 Å². The third-order valence-electron chi connectivity index (χ3n) is 11.4. The molecule has 0 saturated heterocycles. The van der Waals surface area contributed by atoms with Crippen molar-refractivity contribution in [3.8, 4) is 56.6 Å². The number of hydrogen-bond acceptors (Lipinski definition) is 2. The SMILES string of the molecule is [2H]c1c([2H])c([2H])c2c(c1[2H])c1c([2H])c([2H])c([2H])c([2H])c1n2-c1cc(-n2c3c([2H])c([2H])c([2H])c([2H])c3c3c([2H])c([2H])c([2H])c([2H])c32)c2c3c1Oc1cc(-c4ccccc4)ccc1B3c1ccc(-c3ccccc3)cc1O2. The van der Waals surface area contributed by atoms with E-state index in [2.05, 4.69) is 0 Å². The van der Waals surface area contributed by atoms with E-state index in [1.165, 1.54) is 15.2 Å². The number of para-hydroxylation sites is 4. The molecular weight excluding hydrogens is 719 g/mol. The minimum atomic E-state index is -0.817. The van der Waals surface area contributed by atoms with Gasteiger partial charge in [0.25, 0.3) is 6.71 Å². The van der Waals surface area contributed by atoms with E-state index in [9.17, 15) is 11.0 Å². The summed E-state index contributed by atoms with van der Waals surface area (Å²) in [6.45, 7) is -0.817. The Labute approximate surface area is 363 Å². The Kier molecular flexibility index (Phi) is 4.32. The lowest BCUT2D eigenvalue weighted by Gasteiger charge is -2.36. The summed E-state index contributed by atoms with van der Waals surface area (Å²) in [5, 5.41) is -0.875.